The minimum absolute atomic E-state index is 0.0686. The van der Waals surface area contributed by atoms with Gasteiger partial charge >= 0.3 is 0 Å². The van der Waals surface area contributed by atoms with E-state index in [0.717, 1.165) is 21.7 Å². The zero-order valence-corrected chi connectivity index (χ0v) is 17.7. The van der Waals surface area contributed by atoms with Gasteiger partial charge in [0.2, 0.25) is 0 Å². The molecule has 2 aliphatic heterocycles. The van der Waals surface area contributed by atoms with Crippen LogP contribution in [-0.4, -0.2) is 17.9 Å². The van der Waals surface area contributed by atoms with E-state index in [0.29, 0.717) is 5.56 Å². The maximum absolute atomic E-state index is 14.0. The van der Waals surface area contributed by atoms with E-state index < -0.39 is 23.4 Å². The van der Waals surface area contributed by atoms with Crippen molar-refractivity contribution in [2.75, 3.05) is 4.90 Å². The molecule has 31 heavy (non-hydrogen) atoms. The highest BCUT2D eigenvalue weighted by Crippen LogP contribution is 2.56. The molecule has 0 radical (unpaired) electrons. The molecule has 0 saturated carbocycles. The van der Waals surface area contributed by atoms with E-state index in [4.69, 9.17) is 0 Å². The van der Waals surface area contributed by atoms with Gasteiger partial charge in [-0.2, -0.15) is 10.5 Å². The number of anilines is 1. The van der Waals surface area contributed by atoms with Gasteiger partial charge in [-0.05, 0) is 30.0 Å². The number of Topliss-reactive ketones (excluding diaryl/α,β-unsaturated/α-hetero) is 1. The van der Waals surface area contributed by atoms with Crippen molar-refractivity contribution in [3.63, 3.8) is 0 Å². The van der Waals surface area contributed by atoms with Crippen molar-refractivity contribution in [3.8, 4) is 12.1 Å². The number of fused-ring (bicyclic) bond motifs is 3. The van der Waals surface area contributed by atoms with Gasteiger partial charge in [0.25, 0.3) is 0 Å². The van der Waals surface area contributed by atoms with Gasteiger partial charge in [-0.15, -0.1) is 11.3 Å². The summed E-state index contributed by atoms with van der Waals surface area (Å²) in [5.41, 5.74) is 2.16. The lowest BCUT2D eigenvalue weighted by Crippen LogP contribution is -2.44. The zero-order valence-electron chi connectivity index (χ0n) is 16.9. The standard InChI is InChI=1S/C26H19N3OS/c1-17-8-10-19(11-9-17)25(30)24-23(21-7-4-14-31-21)26(15-27,16-28)22-13-12-18-5-2-3-6-20(18)29(22)24/h2-14,22-24H,1H3/t22-,23-,24+/m1/s1. The van der Waals surface area contributed by atoms with Crippen LogP contribution in [0.25, 0.3) is 6.08 Å². The average molecular weight is 422 g/mol. The summed E-state index contributed by atoms with van der Waals surface area (Å²) < 4.78 is 0. The molecular formula is C26H19N3OS. The number of carbonyl (C=O) groups is 1. The number of carbonyl (C=O) groups excluding carboxylic acids is 1. The molecule has 5 heteroatoms. The van der Waals surface area contributed by atoms with Gasteiger partial charge in [-0.3, -0.25) is 4.79 Å². The van der Waals surface area contributed by atoms with Gasteiger partial charge < -0.3 is 4.90 Å². The Kier molecular flexibility index (Phi) is 4.50. The SMILES string of the molecule is Cc1ccc(C(=O)[C@@H]2[C@@H](c3cccs3)C(C#N)(C#N)[C@H]3C=Cc4ccccc4N23)cc1. The number of thiophene rings is 1. The Balaban J connectivity index is 1.77. The molecule has 3 atom stereocenters. The number of aryl methyl sites for hydroxylation is 1. The van der Waals surface area contributed by atoms with E-state index in [1.807, 2.05) is 90.0 Å². The first-order valence-electron chi connectivity index (χ1n) is 10.1. The van der Waals surface area contributed by atoms with E-state index in [2.05, 4.69) is 12.1 Å². The van der Waals surface area contributed by atoms with E-state index >= 15 is 0 Å². The van der Waals surface area contributed by atoms with Crippen LogP contribution in [0, 0.1) is 35.0 Å². The molecule has 4 nitrogen and oxygen atoms in total. The first-order valence-corrected chi connectivity index (χ1v) is 11.0. The maximum atomic E-state index is 14.0. The Morgan fingerprint density at radius 2 is 1.77 bits per heavy atom. The van der Waals surface area contributed by atoms with Crippen molar-refractivity contribution in [3.05, 3.63) is 93.7 Å². The third-order valence-corrected chi connectivity index (χ3v) is 7.33. The van der Waals surface area contributed by atoms with Crippen LogP contribution in [-0.2, 0) is 0 Å². The third kappa shape index (κ3) is 2.75. The van der Waals surface area contributed by atoms with Crippen LogP contribution in [0.3, 0.4) is 0 Å². The number of ketones is 1. The van der Waals surface area contributed by atoms with E-state index in [1.165, 1.54) is 11.3 Å². The van der Waals surface area contributed by atoms with Gasteiger partial charge in [-0.1, -0.05) is 66.2 Å². The summed E-state index contributed by atoms with van der Waals surface area (Å²) in [5.74, 6) is -0.627. The molecule has 2 aliphatic rings. The second-order valence-corrected chi connectivity index (χ2v) is 9.01. The Bertz CT molecular complexity index is 1250. The summed E-state index contributed by atoms with van der Waals surface area (Å²) in [6, 6.07) is 22.7. The number of hydrogen-bond acceptors (Lipinski definition) is 5. The molecule has 1 aromatic heterocycles. The highest BCUT2D eigenvalue weighted by atomic mass is 32.1. The lowest BCUT2D eigenvalue weighted by Gasteiger charge is -2.35. The predicted octanol–water partition coefficient (Wildman–Crippen LogP) is 5.34. The molecule has 3 aromatic rings. The second kappa shape index (κ2) is 7.23. The first kappa shape index (κ1) is 19.3. The van der Waals surface area contributed by atoms with E-state index in [9.17, 15) is 15.3 Å². The molecular weight excluding hydrogens is 402 g/mol. The minimum Gasteiger partial charge on any atom is -0.351 e. The molecule has 0 N–H and O–H groups in total. The number of hydrogen-bond donors (Lipinski definition) is 0. The van der Waals surface area contributed by atoms with Crippen molar-refractivity contribution < 1.29 is 4.79 Å². The van der Waals surface area contributed by atoms with Crippen molar-refractivity contribution in [1.29, 1.82) is 10.5 Å². The van der Waals surface area contributed by atoms with Crippen LogP contribution in [0.15, 0.2) is 72.1 Å². The smallest absolute Gasteiger partial charge is 0.185 e. The Labute approximate surface area is 185 Å². The summed E-state index contributed by atoms with van der Waals surface area (Å²) in [6.45, 7) is 1.98. The molecule has 2 aromatic carbocycles. The molecule has 1 saturated heterocycles. The van der Waals surface area contributed by atoms with Crippen molar-refractivity contribution in [2.45, 2.75) is 24.9 Å². The van der Waals surface area contributed by atoms with Crippen LogP contribution in [0.5, 0.6) is 0 Å². The minimum atomic E-state index is -1.38. The van der Waals surface area contributed by atoms with Gasteiger partial charge in [0.05, 0.1) is 24.1 Å². The summed E-state index contributed by atoms with van der Waals surface area (Å²) in [5, 5.41) is 22.6. The molecule has 1 fully saturated rings. The van der Waals surface area contributed by atoms with Gasteiger partial charge in [0.15, 0.2) is 11.2 Å². The molecule has 0 unspecified atom stereocenters. The van der Waals surface area contributed by atoms with Crippen LogP contribution in [0.4, 0.5) is 5.69 Å². The highest BCUT2D eigenvalue weighted by Gasteiger charge is 2.63. The summed E-state index contributed by atoms with van der Waals surface area (Å²) in [4.78, 5) is 16.9. The monoisotopic (exact) mass is 421 g/mol. The van der Waals surface area contributed by atoms with Gasteiger partial charge in [0, 0.05) is 16.1 Å². The van der Waals surface area contributed by atoms with Crippen LogP contribution in [0.2, 0.25) is 0 Å². The summed E-state index contributed by atoms with van der Waals surface area (Å²) >= 11 is 1.49. The number of nitrogens with zero attached hydrogens (tertiary/aromatic N) is 3. The molecule has 0 bridgehead atoms. The summed E-state index contributed by atoms with van der Waals surface area (Å²) in [7, 11) is 0. The fourth-order valence-corrected chi connectivity index (χ4v) is 5.83. The maximum Gasteiger partial charge on any atom is 0.185 e. The molecule has 5 rings (SSSR count). The van der Waals surface area contributed by atoms with E-state index in [1.54, 1.807) is 0 Å². The first-order chi connectivity index (χ1) is 15.1. The lowest BCUT2D eigenvalue weighted by molar-refractivity contribution is 0.0951. The second-order valence-electron chi connectivity index (χ2n) is 8.03. The number of benzene rings is 2. The normalized spacial score (nSPS) is 22.8. The molecule has 0 spiro atoms. The fraction of sp³-hybridized carbons (Fsp3) is 0.192. The zero-order chi connectivity index (χ0) is 21.6. The van der Waals surface area contributed by atoms with Gasteiger partial charge in [0.1, 0.15) is 6.04 Å². The molecule has 3 heterocycles. The summed E-state index contributed by atoms with van der Waals surface area (Å²) in [6.07, 6.45) is 3.88. The topological polar surface area (TPSA) is 67.9 Å². The number of rotatable bonds is 3. The number of para-hydroxylation sites is 1. The van der Waals surface area contributed by atoms with Gasteiger partial charge in [-0.25, -0.2) is 0 Å². The average Bonchev–Trinajstić information content (AvgIpc) is 3.43. The quantitative estimate of drug-likeness (QED) is 0.535. The van der Waals surface area contributed by atoms with Crippen molar-refractivity contribution >= 4 is 28.9 Å². The largest absolute Gasteiger partial charge is 0.351 e. The van der Waals surface area contributed by atoms with Crippen LogP contribution < -0.4 is 4.90 Å². The molecule has 0 aliphatic carbocycles. The Morgan fingerprint density at radius 1 is 1.03 bits per heavy atom. The van der Waals surface area contributed by atoms with Crippen molar-refractivity contribution in [1.82, 2.24) is 0 Å². The Morgan fingerprint density at radius 3 is 2.45 bits per heavy atom. The predicted molar refractivity (Wildman–Crippen MR) is 122 cm³/mol. The molecule has 0 amide bonds. The van der Waals surface area contributed by atoms with Crippen LogP contribution in [0.1, 0.15) is 32.3 Å². The van der Waals surface area contributed by atoms with Crippen LogP contribution >= 0.6 is 11.3 Å². The van der Waals surface area contributed by atoms with E-state index in [-0.39, 0.29) is 5.78 Å². The fourth-order valence-electron chi connectivity index (χ4n) is 4.90. The molecule has 150 valence electrons. The number of nitriles is 2. The lowest BCUT2D eigenvalue weighted by atomic mass is 9.71. The Hall–Kier alpha value is -3.67. The third-order valence-electron chi connectivity index (χ3n) is 6.37. The van der Waals surface area contributed by atoms with Crippen molar-refractivity contribution in [2.24, 2.45) is 5.41 Å². The highest BCUT2D eigenvalue weighted by molar-refractivity contribution is 7.10.